The quantitative estimate of drug-likeness (QED) is 0.876. The normalized spacial score (nSPS) is 11.8. The van der Waals surface area contributed by atoms with Gasteiger partial charge in [-0.25, -0.2) is 0 Å². The highest BCUT2D eigenvalue weighted by Gasteiger charge is 2.26. The van der Waals surface area contributed by atoms with Crippen LogP contribution in [0.4, 0.5) is 0 Å². The van der Waals surface area contributed by atoms with E-state index in [1.54, 1.807) is 28.1 Å². The maximum Gasteiger partial charge on any atom is 0.132 e. The number of aliphatic hydroxyl groups is 1. The maximum atomic E-state index is 10.1. The molecule has 0 aliphatic carbocycles. The molecule has 0 spiro atoms. The Hall–Kier alpha value is -1.22. The minimum absolute atomic E-state index is 0.266. The van der Waals surface area contributed by atoms with Crippen LogP contribution in [0.5, 0.6) is 11.5 Å². The van der Waals surface area contributed by atoms with Gasteiger partial charge in [0.1, 0.15) is 11.5 Å². The van der Waals surface area contributed by atoms with Crippen molar-refractivity contribution in [3.63, 3.8) is 0 Å². The standard InChI is InChI=1S/C14H22O3/c1-9(2)12-11(16-5)8-7-10(13(12)17-6)14(3,4)15/h7-9,15H,1-6H3. The maximum absolute atomic E-state index is 10.1. The van der Waals surface area contributed by atoms with E-state index < -0.39 is 5.60 Å². The largest absolute Gasteiger partial charge is 0.496 e. The van der Waals surface area contributed by atoms with Gasteiger partial charge in [-0.15, -0.1) is 0 Å². The summed E-state index contributed by atoms with van der Waals surface area (Å²) in [5.74, 6) is 1.78. The first-order valence-electron chi connectivity index (χ1n) is 5.80. The monoisotopic (exact) mass is 238 g/mol. The van der Waals surface area contributed by atoms with Crippen LogP contribution in [-0.2, 0) is 5.60 Å². The van der Waals surface area contributed by atoms with E-state index >= 15 is 0 Å². The molecular weight excluding hydrogens is 216 g/mol. The molecule has 0 bridgehead atoms. The van der Waals surface area contributed by atoms with Gasteiger partial charge in [0, 0.05) is 11.1 Å². The van der Waals surface area contributed by atoms with Crippen molar-refractivity contribution in [3.8, 4) is 11.5 Å². The highest BCUT2D eigenvalue weighted by molar-refractivity contribution is 5.53. The molecule has 1 aromatic carbocycles. The molecule has 1 rings (SSSR count). The fourth-order valence-electron chi connectivity index (χ4n) is 2.01. The zero-order valence-electron chi connectivity index (χ0n) is 11.5. The third kappa shape index (κ3) is 2.72. The van der Waals surface area contributed by atoms with E-state index in [1.807, 2.05) is 12.1 Å². The number of hydrogen-bond acceptors (Lipinski definition) is 3. The lowest BCUT2D eigenvalue weighted by atomic mass is 9.90. The Bertz CT molecular complexity index is 389. The topological polar surface area (TPSA) is 38.7 Å². The van der Waals surface area contributed by atoms with Gasteiger partial charge >= 0.3 is 0 Å². The molecular formula is C14H22O3. The first-order valence-corrected chi connectivity index (χ1v) is 5.80. The summed E-state index contributed by atoms with van der Waals surface area (Å²) >= 11 is 0. The Kier molecular flexibility index (Phi) is 4.04. The number of benzene rings is 1. The summed E-state index contributed by atoms with van der Waals surface area (Å²) in [7, 11) is 3.26. The van der Waals surface area contributed by atoms with Crippen LogP contribution in [0.3, 0.4) is 0 Å². The van der Waals surface area contributed by atoms with Crippen LogP contribution >= 0.6 is 0 Å². The molecule has 3 heteroatoms. The first kappa shape index (κ1) is 13.8. The molecule has 17 heavy (non-hydrogen) atoms. The van der Waals surface area contributed by atoms with Crippen molar-refractivity contribution in [3.05, 3.63) is 23.3 Å². The Morgan fingerprint density at radius 3 is 2.06 bits per heavy atom. The number of methoxy groups -OCH3 is 2. The third-order valence-corrected chi connectivity index (χ3v) is 2.82. The Morgan fingerprint density at radius 1 is 1.12 bits per heavy atom. The molecule has 0 aliphatic rings. The van der Waals surface area contributed by atoms with Crippen molar-refractivity contribution in [2.75, 3.05) is 14.2 Å². The van der Waals surface area contributed by atoms with Gasteiger partial charge in [-0.1, -0.05) is 13.8 Å². The zero-order valence-corrected chi connectivity index (χ0v) is 11.5. The minimum Gasteiger partial charge on any atom is -0.496 e. The average Bonchev–Trinajstić information content (AvgIpc) is 2.25. The molecule has 0 radical (unpaired) electrons. The van der Waals surface area contributed by atoms with E-state index in [0.29, 0.717) is 5.75 Å². The third-order valence-electron chi connectivity index (χ3n) is 2.82. The number of ether oxygens (including phenoxy) is 2. The van der Waals surface area contributed by atoms with E-state index in [1.165, 1.54) is 0 Å². The van der Waals surface area contributed by atoms with Crippen molar-refractivity contribution in [2.24, 2.45) is 0 Å². The van der Waals surface area contributed by atoms with Crippen LogP contribution in [0.25, 0.3) is 0 Å². The summed E-state index contributed by atoms with van der Waals surface area (Å²) in [4.78, 5) is 0. The molecule has 1 N–H and O–H groups in total. The molecule has 1 aromatic rings. The van der Waals surface area contributed by atoms with Gasteiger partial charge in [-0.2, -0.15) is 0 Å². The highest BCUT2D eigenvalue weighted by Crippen LogP contribution is 2.41. The smallest absolute Gasteiger partial charge is 0.132 e. The van der Waals surface area contributed by atoms with Crippen molar-refractivity contribution >= 4 is 0 Å². The minimum atomic E-state index is -0.929. The molecule has 0 heterocycles. The molecule has 3 nitrogen and oxygen atoms in total. The molecule has 96 valence electrons. The molecule has 0 unspecified atom stereocenters. The molecule has 0 fully saturated rings. The second-order valence-corrected chi connectivity index (χ2v) is 4.98. The van der Waals surface area contributed by atoms with Gasteiger partial charge in [0.25, 0.3) is 0 Å². The Labute approximate surface area is 103 Å². The highest BCUT2D eigenvalue weighted by atomic mass is 16.5. The van der Waals surface area contributed by atoms with Crippen molar-refractivity contribution in [2.45, 2.75) is 39.2 Å². The lowest BCUT2D eigenvalue weighted by molar-refractivity contribution is 0.0753. The molecule has 0 saturated heterocycles. The second kappa shape index (κ2) is 4.96. The molecule has 0 aliphatic heterocycles. The predicted octanol–water partition coefficient (Wildman–Crippen LogP) is 3.05. The van der Waals surface area contributed by atoms with Crippen molar-refractivity contribution in [1.82, 2.24) is 0 Å². The Balaban J connectivity index is 3.52. The van der Waals surface area contributed by atoms with Crippen molar-refractivity contribution < 1.29 is 14.6 Å². The Morgan fingerprint density at radius 2 is 1.71 bits per heavy atom. The number of hydrogen-bond donors (Lipinski definition) is 1. The van der Waals surface area contributed by atoms with Crippen LogP contribution < -0.4 is 9.47 Å². The van der Waals surface area contributed by atoms with E-state index in [0.717, 1.165) is 16.9 Å². The van der Waals surface area contributed by atoms with Gasteiger partial charge in [-0.3, -0.25) is 0 Å². The number of rotatable bonds is 4. The van der Waals surface area contributed by atoms with Gasteiger partial charge in [0.05, 0.1) is 19.8 Å². The van der Waals surface area contributed by atoms with Crippen LogP contribution in [0.1, 0.15) is 44.7 Å². The summed E-state index contributed by atoms with van der Waals surface area (Å²) < 4.78 is 10.8. The molecule has 0 amide bonds. The van der Waals surface area contributed by atoms with Crippen LogP contribution in [0.2, 0.25) is 0 Å². The van der Waals surface area contributed by atoms with E-state index in [2.05, 4.69) is 13.8 Å². The summed E-state index contributed by atoms with van der Waals surface area (Å²) in [6, 6.07) is 3.73. The summed E-state index contributed by atoms with van der Waals surface area (Å²) in [5, 5.41) is 10.1. The van der Waals surface area contributed by atoms with Gasteiger partial charge in [-0.05, 0) is 31.9 Å². The molecule has 0 aromatic heterocycles. The second-order valence-electron chi connectivity index (χ2n) is 4.98. The predicted molar refractivity (Wildman–Crippen MR) is 68.9 cm³/mol. The molecule has 0 saturated carbocycles. The van der Waals surface area contributed by atoms with Gasteiger partial charge in [0.2, 0.25) is 0 Å². The zero-order chi connectivity index (χ0) is 13.2. The first-order chi connectivity index (χ1) is 7.82. The summed E-state index contributed by atoms with van der Waals surface area (Å²) in [6.45, 7) is 7.66. The lowest BCUT2D eigenvalue weighted by Gasteiger charge is -2.25. The fourth-order valence-corrected chi connectivity index (χ4v) is 2.01. The summed E-state index contributed by atoms with van der Waals surface area (Å²) in [6.07, 6.45) is 0. The van der Waals surface area contributed by atoms with Gasteiger partial charge in [0.15, 0.2) is 0 Å². The van der Waals surface area contributed by atoms with Crippen LogP contribution in [-0.4, -0.2) is 19.3 Å². The van der Waals surface area contributed by atoms with E-state index in [4.69, 9.17) is 9.47 Å². The molecule has 0 atom stereocenters. The summed E-state index contributed by atoms with van der Waals surface area (Å²) in [5.41, 5.74) is 0.848. The SMILES string of the molecule is COc1ccc(C(C)(C)O)c(OC)c1C(C)C. The average molecular weight is 238 g/mol. The van der Waals surface area contributed by atoms with Gasteiger partial charge < -0.3 is 14.6 Å². The fraction of sp³-hybridized carbons (Fsp3) is 0.571. The van der Waals surface area contributed by atoms with Crippen molar-refractivity contribution in [1.29, 1.82) is 0 Å². The van der Waals surface area contributed by atoms with E-state index in [-0.39, 0.29) is 5.92 Å². The van der Waals surface area contributed by atoms with E-state index in [9.17, 15) is 5.11 Å². The van der Waals surface area contributed by atoms with Crippen LogP contribution in [0, 0.1) is 0 Å². The lowest BCUT2D eigenvalue weighted by Crippen LogP contribution is -2.18. The van der Waals surface area contributed by atoms with Crippen LogP contribution in [0.15, 0.2) is 12.1 Å².